The minimum absolute atomic E-state index is 0. The molecule has 1 fully saturated rings. The van der Waals surface area contributed by atoms with E-state index in [0.717, 1.165) is 0 Å². The quantitative estimate of drug-likeness (QED) is 0.425. The van der Waals surface area contributed by atoms with E-state index in [0.29, 0.717) is 0 Å². The third-order valence-electron chi connectivity index (χ3n) is 1.22. The molecule has 0 atom stereocenters. The molecule has 1 heterocycles. The standard InChI is InChI=1S/C6H13NS2.3ClH.Rh/c1-3-8-5-6-9-4-2-7-1;;;;/h7H,1-6H2;3*1H;/q;;;;+3/p-3. The largest absolute Gasteiger partial charge is 3.00 e. The average Bonchev–Trinajstić information content (AvgIpc) is 2.00. The molecule has 1 saturated heterocycles. The fourth-order valence-electron chi connectivity index (χ4n) is 0.736. The molecule has 1 rings (SSSR count). The predicted molar refractivity (Wildman–Crippen MR) is 47.5 cm³/mol. The van der Waals surface area contributed by atoms with Gasteiger partial charge >= 0.3 is 19.5 Å². The third kappa shape index (κ3) is 16.8. The molecule has 84 valence electrons. The molecule has 0 aliphatic carbocycles. The molecule has 0 aromatic carbocycles. The normalized spacial score (nSPS) is 16.6. The van der Waals surface area contributed by atoms with Crippen molar-refractivity contribution in [1.29, 1.82) is 0 Å². The van der Waals surface area contributed by atoms with Gasteiger partial charge in [0, 0.05) is 36.1 Å². The smallest absolute Gasteiger partial charge is 1.00 e. The van der Waals surface area contributed by atoms with E-state index >= 15 is 0 Å². The van der Waals surface area contributed by atoms with Gasteiger partial charge in [0.25, 0.3) is 0 Å². The second-order valence-electron chi connectivity index (χ2n) is 1.97. The van der Waals surface area contributed by atoms with Gasteiger partial charge in [-0.25, -0.2) is 0 Å². The van der Waals surface area contributed by atoms with Crippen LogP contribution in [-0.2, 0) is 19.5 Å². The van der Waals surface area contributed by atoms with Gasteiger partial charge in [-0.05, 0) is 0 Å². The maximum absolute atomic E-state index is 3.39. The minimum Gasteiger partial charge on any atom is -1.00 e. The van der Waals surface area contributed by atoms with E-state index in [-0.39, 0.29) is 56.7 Å². The van der Waals surface area contributed by atoms with Crippen molar-refractivity contribution in [3.63, 3.8) is 0 Å². The van der Waals surface area contributed by atoms with Crippen molar-refractivity contribution in [2.75, 3.05) is 36.1 Å². The second-order valence-corrected chi connectivity index (χ2v) is 4.42. The van der Waals surface area contributed by atoms with Gasteiger partial charge in [-0.15, -0.1) is 0 Å². The summed E-state index contributed by atoms with van der Waals surface area (Å²) in [5.41, 5.74) is 0. The Bertz CT molecular complexity index is 54.4. The maximum Gasteiger partial charge on any atom is 3.00 e. The van der Waals surface area contributed by atoms with E-state index in [4.69, 9.17) is 0 Å². The molecule has 0 aromatic heterocycles. The molecule has 1 aliphatic heterocycles. The first kappa shape index (κ1) is 24.4. The van der Waals surface area contributed by atoms with Crippen LogP contribution in [0, 0.1) is 0 Å². The first-order valence-electron chi connectivity index (χ1n) is 3.36. The summed E-state index contributed by atoms with van der Waals surface area (Å²) in [7, 11) is 0. The summed E-state index contributed by atoms with van der Waals surface area (Å²) < 4.78 is 0. The zero-order valence-corrected chi connectivity index (χ0v) is 12.6. The van der Waals surface area contributed by atoms with Crippen LogP contribution in [0.3, 0.4) is 0 Å². The first-order chi connectivity index (χ1) is 4.50. The summed E-state index contributed by atoms with van der Waals surface area (Å²) >= 11 is 4.12. The number of hydrogen-bond donors (Lipinski definition) is 1. The van der Waals surface area contributed by atoms with Gasteiger partial charge in [0.1, 0.15) is 0 Å². The van der Waals surface area contributed by atoms with Gasteiger partial charge in [0.15, 0.2) is 0 Å². The van der Waals surface area contributed by atoms with E-state index in [9.17, 15) is 0 Å². The molecule has 0 bridgehead atoms. The van der Waals surface area contributed by atoms with Crippen molar-refractivity contribution in [2.24, 2.45) is 0 Å². The molecule has 13 heavy (non-hydrogen) atoms. The van der Waals surface area contributed by atoms with Crippen molar-refractivity contribution in [3.05, 3.63) is 0 Å². The molecule has 7 heteroatoms. The number of rotatable bonds is 0. The summed E-state index contributed by atoms with van der Waals surface area (Å²) in [5.74, 6) is 5.26. The van der Waals surface area contributed by atoms with Gasteiger partial charge in [0.05, 0.1) is 0 Å². The molecule has 0 saturated carbocycles. The summed E-state index contributed by atoms with van der Waals surface area (Å²) in [6, 6.07) is 0. The minimum atomic E-state index is 0. The van der Waals surface area contributed by atoms with Gasteiger partial charge in [0.2, 0.25) is 0 Å². The third-order valence-corrected chi connectivity index (χ3v) is 3.45. The number of hydrogen-bond acceptors (Lipinski definition) is 3. The Kier molecular flexibility index (Phi) is 36.9. The van der Waals surface area contributed by atoms with E-state index in [2.05, 4.69) is 28.8 Å². The van der Waals surface area contributed by atoms with Crippen LogP contribution in [0.15, 0.2) is 0 Å². The Morgan fingerprint density at radius 2 is 1.08 bits per heavy atom. The molecular formula is C6H13Cl3NRhS2. The van der Waals surface area contributed by atoms with Crippen LogP contribution in [0.4, 0.5) is 0 Å². The maximum atomic E-state index is 3.39. The van der Waals surface area contributed by atoms with Gasteiger partial charge in [-0.1, -0.05) is 0 Å². The van der Waals surface area contributed by atoms with Crippen molar-refractivity contribution < 1.29 is 56.7 Å². The van der Waals surface area contributed by atoms with Crippen LogP contribution in [-0.4, -0.2) is 36.1 Å². The molecule has 0 spiro atoms. The van der Waals surface area contributed by atoms with Crippen LogP contribution < -0.4 is 42.5 Å². The van der Waals surface area contributed by atoms with Crippen molar-refractivity contribution in [3.8, 4) is 0 Å². The number of nitrogens with one attached hydrogen (secondary N) is 1. The zero-order chi connectivity index (χ0) is 6.36. The van der Waals surface area contributed by atoms with E-state index in [1.54, 1.807) is 0 Å². The van der Waals surface area contributed by atoms with Gasteiger partial charge < -0.3 is 42.5 Å². The Morgan fingerprint density at radius 3 is 1.46 bits per heavy atom. The molecular weight excluding hydrogens is 359 g/mol. The molecule has 1 aliphatic rings. The van der Waals surface area contributed by atoms with Crippen molar-refractivity contribution in [1.82, 2.24) is 5.32 Å². The SMILES string of the molecule is C1CSCCSCCN1.[Cl-].[Cl-].[Cl-].[Rh+3]. The zero-order valence-electron chi connectivity index (χ0n) is 7.03. The molecule has 0 unspecified atom stereocenters. The molecule has 0 radical (unpaired) electrons. The predicted octanol–water partition coefficient (Wildman–Crippen LogP) is -7.93. The van der Waals surface area contributed by atoms with Crippen LogP contribution in [0.1, 0.15) is 0 Å². The van der Waals surface area contributed by atoms with Gasteiger partial charge in [-0.3, -0.25) is 0 Å². The topological polar surface area (TPSA) is 12.0 Å². The second kappa shape index (κ2) is 19.7. The van der Waals surface area contributed by atoms with Crippen molar-refractivity contribution in [2.45, 2.75) is 0 Å². The average molecular weight is 373 g/mol. The summed E-state index contributed by atoms with van der Waals surface area (Å²) in [6.07, 6.45) is 0. The fourth-order valence-corrected chi connectivity index (χ4v) is 2.66. The number of thioether (sulfide) groups is 2. The summed E-state index contributed by atoms with van der Waals surface area (Å²) in [4.78, 5) is 0. The van der Waals surface area contributed by atoms with E-state index < -0.39 is 0 Å². The fraction of sp³-hybridized carbons (Fsp3) is 1.00. The van der Waals surface area contributed by atoms with Crippen LogP contribution in [0.2, 0.25) is 0 Å². The first-order valence-corrected chi connectivity index (χ1v) is 5.67. The van der Waals surface area contributed by atoms with Gasteiger partial charge in [-0.2, -0.15) is 23.5 Å². The number of halogens is 3. The molecule has 0 amide bonds. The monoisotopic (exact) mass is 371 g/mol. The van der Waals surface area contributed by atoms with Crippen LogP contribution >= 0.6 is 23.5 Å². The van der Waals surface area contributed by atoms with E-state index in [1.165, 1.54) is 36.1 Å². The van der Waals surface area contributed by atoms with E-state index in [1.807, 2.05) is 0 Å². The van der Waals surface area contributed by atoms with Crippen molar-refractivity contribution >= 4 is 23.5 Å². The molecule has 1 N–H and O–H groups in total. The Morgan fingerprint density at radius 1 is 0.692 bits per heavy atom. The Balaban J connectivity index is -0.000000101. The summed E-state index contributed by atoms with van der Waals surface area (Å²) in [6.45, 7) is 2.40. The van der Waals surface area contributed by atoms with Crippen LogP contribution in [0.25, 0.3) is 0 Å². The van der Waals surface area contributed by atoms with Crippen LogP contribution in [0.5, 0.6) is 0 Å². The molecule has 1 nitrogen and oxygen atoms in total. The molecule has 0 aromatic rings. The Labute approximate surface area is 121 Å². The Hall–Kier alpha value is 2.15. The summed E-state index contributed by atoms with van der Waals surface area (Å²) in [5, 5.41) is 3.39.